The second-order valence-corrected chi connectivity index (χ2v) is 6.96. The number of fused-ring (bicyclic) bond motifs is 1. The van der Waals surface area contributed by atoms with Crippen LogP contribution in [0.1, 0.15) is 13.8 Å². The molecule has 6 heteroatoms. The summed E-state index contributed by atoms with van der Waals surface area (Å²) in [6.07, 6.45) is 1.03. The number of aliphatic hydroxyl groups excluding tert-OH is 2. The van der Waals surface area contributed by atoms with E-state index in [9.17, 15) is 10.2 Å². The molecular weight excluding hydrogens is 322 g/mol. The number of hydrogen-bond donors (Lipinski definition) is 2. The van der Waals surface area contributed by atoms with Crippen molar-refractivity contribution < 1.29 is 10.2 Å². The van der Waals surface area contributed by atoms with Gasteiger partial charge in [0, 0.05) is 11.4 Å². The van der Waals surface area contributed by atoms with Gasteiger partial charge in [0.1, 0.15) is 17.0 Å². The van der Waals surface area contributed by atoms with Gasteiger partial charge < -0.3 is 15.1 Å². The second kappa shape index (κ2) is 7.25. The van der Waals surface area contributed by atoms with Crippen molar-refractivity contribution in [2.75, 3.05) is 18.1 Å². The van der Waals surface area contributed by atoms with Crippen molar-refractivity contribution in [3.8, 4) is 10.4 Å². The van der Waals surface area contributed by atoms with Crippen LogP contribution >= 0.6 is 11.3 Å². The highest BCUT2D eigenvalue weighted by Gasteiger charge is 2.21. The highest BCUT2D eigenvalue weighted by molar-refractivity contribution is 7.21. The molecule has 3 aromatic rings. The van der Waals surface area contributed by atoms with Gasteiger partial charge in [-0.15, -0.1) is 11.3 Å². The molecule has 0 fully saturated rings. The lowest BCUT2D eigenvalue weighted by atomic mass is 10.1. The highest BCUT2D eigenvalue weighted by atomic mass is 32.1. The maximum Gasteiger partial charge on any atom is 0.141 e. The highest BCUT2D eigenvalue weighted by Crippen LogP contribution is 2.36. The summed E-state index contributed by atoms with van der Waals surface area (Å²) in [6, 6.07) is 12.1. The van der Waals surface area contributed by atoms with Gasteiger partial charge in [-0.3, -0.25) is 0 Å². The van der Waals surface area contributed by atoms with Crippen LogP contribution in [0.3, 0.4) is 0 Å². The zero-order valence-corrected chi connectivity index (χ0v) is 14.6. The number of rotatable bonds is 6. The first-order chi connectivity index (χ1) is 11.6. The van der Waals surface area contributed by atoms with Crippen LogP contribution in [0.5, 0.6) is 0 Å². The van der Waals surface area contributed by atoms with Crippen LogP contribution in [-0.2, 0) is 0 Å². The third kappa shape index (κ3) is 3.40. The Morgan fingerprint density at radius 1 is 1.17 bits per heavy atom. The Morgan fingerprint density at radius 2 is 1.92 bits per heavy atom. The van der Waals surface area contributed by atoms with E-state index >= 15 is 0 Å². The third-order valence-electron chi connectivity index (χ3n) is 3.90. The molecule has 0 bridgehead atoms. The first kappa shape index (κ1) is 16.8. The van der Waals surface area contributed by atoms with E-state index in [-0.39, 0.29) is 12.6 Å². The summed E-state index contributed by atoms with van der Waals surface area (Å²) in [5.74, 6) is 0.751. The molecule has 1 aromatic carbocycles. The van der Waals surface area contributed by atoms with Crippen LogP contribution < -0.4 is 4.90 Å². The summed E-state index contributed by atoms with van der Waals surface area (Å²) in [6.45, 7) is 4.05. The lowest BCUT2D eigenvalue weighted by molar-refractivity contribution is 0.189. The van der Waals surface area contributed by atoms with Crippen molar-refractivity contribution >= 4 is 27.4 Å². The van der Waals surface area contributed by atoms with Crippen LogP contribution in [0, 0.1) is 0 Å². The van der Waals surface area contributed by atoms with E-state index in [0.717, 1.165) is 26.5 Å². The Labute approximate surface area is 145 Å². The molecule has 5 nitrogen and oxygen atoms in total. The molecule has 0 amide bonds. The van der Waals surface area contributed by atoms with E-state index in [4.69, 9.17) is 0 Å². The standard InChI is InChI=1S/C18H21N3O2S/c1-12(10-22)21(9-13(2)23)17-15-8-16(14-6-4-3-5-7-14)24-18(15)20-11-19-17/h3-8,11-13,22-23H,9-10H2,1-2H3/t12-,13+/m1/s1. The van der Waals surface area contributed by atoms with Crippen LogP contribution in [0.25, 0.3) is 20.7 Å². The summed E-state index contributed by atoms with van der Waals surface area (Å²) in [5.41, 5.74) is 1.14. The van der Waals surface area contributed by atoms with Crippen molar-refractivity contribution in [3.63, 3.8) is 0 Å². The number of thiophene rings is 1. The molecule has 126 valence electrons. The molecule has 0 aliphatic carbocycles. The zero-order valence-electron chi connectivity index (χ0n) is 13.8. The minimum atomic E-state index is -0.517. The largest absolute Gasteiger partial charge is 0.394 e. The molecule has 0 unspecified atom stereocenters. The van der Waals surface area contributed by atoms with E-state index in [1.165, 1.54) is 0 Å². The summed E-state index contributed by atoms with van der Waals surface area (Å²) >= 11 is 1.62. The van der Waals surface area contributed by atoms with Crippen LogP contribution in [-0.4, -0.2) is 45.5 Å². The number of hydrogen-bond acceptors (Lipinski definition) is 6. The molecule has 0 radical (unpaired) electrons. The van der Waals surface area contributed by atoms with Gasteiger partial charge in [-0.1, -0.05) is 30.3 Å². The van der Waals surface area contributed by atoms with Gasteiger partial charge in [0.15, 0.2) is 0 Å². The van der Waals surface area contributed by atoms with Gasteiger partial charge in [0.2, 0.25) is 0 Å². The number of aliphatic hydroxyl groups is 2. The van der Waals surface area contributed by atoms with Gasteiger partial charge in [0.05, 0.1) is 24.1 Å². The maximum absolute atomic E-state index is 9.82. The number of benzene rings is 1. The maximum atomic E-state index is 9.82. The smallest absolute Gasteiger partial charge is 0.141 e. The van der Waals surface area contributed by atoms with Crippen molar-refractivity contribution in [2.24, 2.45) is 0 Å². The molecule has 3 rings (SSSR count). The summed E-state index contributed by atoms with van der Waals surface area (Å²) < 4.78 is 0. The Morgan fingerprint density at radius 3 is 2.58 bits per heavy atom. The van der Waals surface area contributed by atoms with Gasteiger partial charge in [0.25, 0.3) is 0 Å². The molecule has 0 saturated carbocycles. The monoisotopic (exact) mass is 343 g/mol. The molecule has 2 aromatic heterocycles. The average Bonchev–Trinajstić information content (AvgIpc) is 3.04. The molecule has 0 saturated heterocycles. The predicted octanol–water partition coefficient (Wildman–Crippen LogP) is 2.93. The van der Waals surface area contributed by atoms with E-state index in [2.05, 4.69) is 28.2 Å². The molecule has 2 N–H and O–H groups in total. The molecule has 0 aliphatic rings. The number of anilines is 1. The Balaban J connectivity index is 2.09. The Bertz CT molecular complexity index is 804. The van der Waals surface area contributed by atoms with Crippen LogP contribution in [0.2, 0.25) is 0 Å². The van der Waals surface area contributed by atoms with Crippen molar-refractivity contribution in [2.45, 2.75) is 26.0 Å². The predicted molar refractivity (Wildman–Crippen MR) is 98.4 cm³/mol. The van der Waals surface area contributed by atoms with Gasteiger partial charge >= 0.3 is 0 Å². The molecule has 24 heavy (non-hydrogen) atoms. The third-order valence-corrected chi connectivity index (χ3v) is 4.99. The Hall–Kier alpha value is -2.02. The first-order valence-corrected chi connectivity index (χ1v) is 8.77. The summed E-state index contributed by atoms with van der Waals surface area (Å²) in [5, 5.41) is 20.3. The number of aromatic nitrogens is 2. The number of nitrogens with zero attached hydrogens (tertiary/aromatic N) is 3. The fourth-order valence-corrected chi connectivity index (χ4v) is 3.67. The average molecular weight is 343 g/mol. The zero-order chi connectivity index (χ0) is 17.1. The van der Waals surface area contributed by atoms with Crippen molar-refractivity contribution in [1.82, 2.24) is 9.97 Å². The SMILES string of the molecule is C[C@H](O)CN(c1ncnc2sc(-c3ccccc3)cc12)[C@H](C)CO. The van der Waals surface area contributed by atoms with Crippen LogP contribution in [0.15, 0.2) is 42.7 Å². The van der Waals surface area contributed by atoms with E-state index < -0.39 is 6.10 Å². The molecule has 2 atom stereocenters. The lowest BCUT2D eigenvalue weighted by Crippen LogP contribution is -2.41. The van der Waals surface area contributed by atoms with E-state index in [1.54, 1.807) is 24.6 Å². The topological polar surface area (TPSA) is 69.5 Å². The van der Waals surface area contributed by atoms with E-state index in [1.807, 2.05) is 30.0 Å². The van der Waals surface area contributed by atoms with Crippen molar-refractivity contribution in [3.05, 3.63) is 42.7 Å². The van der Waals surface area contributed by atoms with Gasteiger partial charge in [-0.05, 0) is 25.5 Å². The van der Waals surface area contributed by atoms with Crippen molar-refractivity contribution in [1.29, 1.82) is 0 Å². The molecular formula is C18H21N3O2S. The second-order valence-electron chi connectivity index (χ2n) is 5.93. The molecule has 2 heterocycles. The molecule has 0 aliphatic heterocycles. The van der Waals surface area contributed by atoms with Gasteiger partial charge in [-0.25, -0.2) is 9.97 Å². The van der Waals surface area contributed by atoms with Crippen LogP contribution in [0.4, 0.5) is 5.82 Å². The first-order valence-electron chi connectivity index (χ1n) is 7.95. The summed E-state index contributed by atoms with van der Waals surface area (Å²) in [7, 11) is 0. The lowest BCUT2D eigenvalue weighted by Gasteiger charge is -2.30. The fourth-order valence-electron chi connectivity index (χ4n) is 2.67. The quantitative estimate of drug-likeness (QED) is 0.720. The fraction of sp³-hybridized carbons (Fsp3) is 0.333. The normalized spacial score (nSPS) is 13.8. The molecule has 0 spiro atoms. The van der Waals surface area contributed by atoms with E-state index in [0.29, 0.717) is 6.54 Å². The Kier molecular flexibility index (Phi) is 5.08. The van der Waals surface area contributed by atoms with Gasteiger partial charge in [-0.2, -0.15) is 0 Å². The minimum Gasteiger partial charge on any atom is -0.394 e. The minimum absolute atomic E-state index is 0.00606. The summed E-state index contributed by atoms with van der Waals surface area (Å²) in [4.78, 5) is 12.8.